The van der Waals surface area contributed by atoms with Gasteiger partial charge in [-0.1, -0.05) is 83.7 Å². The van der Waals surface area contributed by atoms with Crippen molar-refractivity contribution in [2.24, 2.45) is 0 Å². The van der Waals surface area contributed by atoms with Gasteiger partial charge in [0.15, 0.2) is 0 Å². The Morgan fingerprint density at radius 2 is 1.13 bits per heavy atom. The van der Waals surface area contributed by atoms with Crippen molar-refractivity contribution < 1.29 is 34.1 Å². The molecule has 2 fully saturated rings. The van der Waals surface area contributed by atoms with Gasteiger partial charge in [-0.25, -0.2) is 48.5 Å². The summed E-state index contributed by atoms with van der Waals surface area (Å²) in [6.45, 7) is 2.28. The average molecular weight is 746 g/mol. The predicted molar refractivity (Wildman–Crippen MR) is 203 cm³/mol. The van der Waals surface area contributed by atoms with Crippen LogP contribution < -0.4 is 21.2 Å². The van der Waals surface area contributed by atoms with E-state index in [-0.39, 0.29) is 42.1 Å². The van der Waals surface area contributed by atoms with Crippen LogP contribution in [0.4, 0.5) is 0 Å². The van der Waals surface area contributed by atoms with Crippen LogP contribution in [0.5, 0.6) is 0 Å². The molecule has 2 aliphatic rings. The normalized spacial score (nSPS) is 16.5. The van der Waals surface area contributed by atoms with E-state index in [1.165, 1.54) is 85.7 Å². The van der Waals surface area contributed by atoms with Crippen LogP contribution in [0.2, 0.25) is 0 Å². The summed E-state index contributed by atoms with van der Waals surface area (Å²) in [5.41, 5.74) is 3.56. The van der Waals surface area contributed by atoms with Crippen LogP contribution in [0.25, 0.3) is 0 Å². The summed E-state index contributed by atoms with van der Waals surface area (Å²) in [6.07, 6.45) is 15.1. The standard InChI is InChI=1S/C20H22NP.C17H26P.C5H5.2Fe/c1-16(21(2)3)19-14-9-15-20(19)22(18-12-7-8-13-18)17-10-5-4-6-11-17;1-3-9-15(10-4-1)18(17-13-7-8-14-17)16-11-5-2-6-12-16;1-2-4-5-3-1;;/h4-16H,1-3H3;7-8,13-16H,1-6,9-12H2;1-5H;;/q-2;2*-1;2*+2/t16-,22?;;;;/m0..../s1. The van der Waals surface area contributed by atoms with Gasteiger partial charge in [-0.3, -0.25) is 0 Å². The van der Waals surface area contributed by atoms with Gasteiger partial charge in [-0.15, -0.1) is 29.4 Å². The maximum atomic E-state index is 2.43. The molecular formula is C42H53Fe2NP2. The van der Waals surface area contributed by atoms with Crippen molar-refractivity contribution in [2.45, 2.75) is 88.5 Å². The summed E-state index contributed by atoms with van der Waals surface area (Å²) < 4.78 is 0. The molecular weight excluding hydrogens is 692 g/mol. The molecule has 7 rings (SSSR count). The summed E-state index contributed by atoms with van der Waals surface area (Å²) in [5.74, 6) is 0. The quantitative estimate of drug-likeness (QED) is 0.0869. The van der Waals surface area contributed by atoms with Crippen LogP contribution in [0.3, 0.4) is 0 Å². The zero-order valence-electron chi connectivity index (χ0n) is 28.5. The van der Waals surface area contributed by atoms with Crippen LogP contribution in [-0.4, -0.2) is 30.3 Å². The third-order valence-corrected chi connectivity index (χ3v) is 15.7. The smallest absolute Gasteiger partial charge is 0.314 e. The van der Waals surface area contributed by atoms with Gasteiger partial charge in [0.2, 0.25) is 0 Å². The van der Waals surface area contributed by atoms with Crippen LogP contribution in [0.15, 0.2) is 127 Å². The second kappa shape index (κ2) is 21.5. The van der Waals surface area contributed by atoms with E-state index in [4.69, 9.17) is 0 Å². The average Bonchev–Trinajstić information content (AvgIpc) is 3.93. The van der Waals surface area contributed by atoms with Gasteiger partial charge >= 0.3 is 34.1 Å². The fourth-order valence-electron chi connectivity index (χ4n) is 7.07. The van der Waals surface area contributed by atoms with E-state index in [2.05, 4.69) is 123 Å². The van der Waals surface area contributed by atoms with E-state index in [9.17, 15) is 0 Å². The van der Waals surface area contributed by atoms with Gasteiger partial charge in [0.1, 0.15) is 0 Å². The number of nitrogens with zero attached hydrogens (tertiary/aromatic N) is 1. The van der Waals surface area contributed by atoms with Gasteiger partial charge in [0.25, 0.3) is 0 Å². The summed E-state index contributed by atoms with van der Waals surface area (Å²) in [6, 6.07) is 46.3. The fourth-order valence-corrected chi connectivity index (χ4v) is 13.4. The molecule has 0 bridgehead atoms. The second-order valence-corrected chi connectivity index (χ2v) is 17.9. The van der Waals surface area contributed by atoms with Gasteiger partial charge in [0, 0.05) is 0 Å². The molecule has 0 spiro atoms. The first-order valence-corrected chi connectivity index (χ1v) is 20.1. The fraction of sp³-hybridized carbons (Fsp3) is 0.381. The van der Waals surface area contributed by atoms with Gasteiger partial charge < -0.3 is 4.90 Å². The third kappa shape index (κ3) is 11.5. The molecule has 2 aliphatic carbocycles. The van der Waals surface area contributed by atoms with Crippen molar-refractivity contribution >= 4 is 37.1 Å². The van der Waals surface area contributed by atoms with Gasteiger partial charge in [-0.2, -0.15) is 48.5 Å². The summed E-state index contributed by atoms with van der Waals surface area (Å²) in [5, 5.41) is 6.05. The van der Waals surface area contributed by atoms with Crippen molar-refractivity contribution in [2.75, 3.05) is 14.1 Å². The van der Waals surface area contributed by atoms with E-state index in [1.807, 2.05) is 30.3 Å². The largest absolute Gasteiger partial charge is 2.00 e. The minimum atomic E-state index is -0.477. The third-order valence-electron chi connectivity index (χ3n) is 9.64. The Bertz CT molecular complexity index is 1380. The van der Waals surface area contributed by atoms with Crippen LogP contribution in [0, 0.1) is 0 Å². The van der Waals surface area contributed by atoms with E-state index in [0.717, 1.165) is 11.3 Å². The van der Waals surface area contributed by atoms with Crippen LogP contribution >= 0.6 is 15.8 Å². The van der Waals surface area contributed by atoms with E-state index in [1.54, 1.807) is 5.30 Å². The molecule has 47 heavy (non-hydrogen) atoms. The molecule has 1 nitrogen and oxygen atoms in total. The molecule has 0 N–H and O–H groups in total. The van der Waals surface area contributed by atoms with Crippen molar-refractivity contribution in [1.29, 1.82) is 0 Å². The van der Waals surface area contributed by atoms with Crippen molar-refractivity contribution in [1.82, 2.24) is 4.90 Å². The summed E-state index contributed by atoms with van der Waals surface area (Å²) >= 11 is 0. The molecule has 2 atom stereocenters. The number of hydrogen-bond acceptors (Lipinski definition) is 1. The molecule has 5 aromatic carbocycles. The number of rotatable bonds is 8. The predicted octanol–water partition coefficient (Wildman–Crippen LogP) is 10.1. The Morgan fingerprint density at radius 1 is 0.617 bits per heavy atom. The Hall–Kier alpha value is -1.52. The summed E-state index contributed by atoms with van der Waals surface area (Å²) in [7, 11) is 3.96. The minimum absolute atomic E-state index is 0. The molecule has 2 saturated carbocycles. The molecule has 0 saturated heterocycles. The molecule has 0 heterocycles. The minimum Gasteiger partial charge on any atom is -0.314 e. The SMILES string of the molecule is C[C@@H]([c-]1cccc1P(c1ccccc1)[c-]1cccc1)N(C)C.[Fe+2].[Fe+2].c1cc[c-](P(C2CCCCC2)C2CCCCC2)c1.c1cc[cH-]c1. The zero-order chi connectivity index (χ0) is 31.3. The molecule has 0 amide bonds. The zero-order valence-corrected chi connectivity index (χ0v) is 32.5. The first-order chi connectivity index (χ1) is 22.1. The summed E-state index contributed by atoms with van der Waals surface area (Å²) in [4.78, 5) is 2.28. The van der Waals surface area contributed by atoms with Gasteiger partial charge in [-0.05, 0) is 62.4 Å². The Labute approximate surface area is 309 Å². The van der Waals surface area contributed by atoms with E-state index in [0.29, 0.717) is 6.04 Å². The van der Waals surface area contributed by atoms with Crippen molar-refractivity contribution in [3.8, 4) is 0 Å². The molecule has 0 aromatic heterocycles. The molecule has 5 aromatic rings. The topological polar surface area (TPSA) is 3.24 Å². The molecule has 1 unspecified atom stereocenters. The van der Waals surface area contributed by atoms with Crippen molar-refractivity contribution in [3.05, 3.63) is 133 Å². The molecule has 252 valence electrons. The Kier molecular flexibility index (Phi) is 18.3. The Morgan fingerprint density at radius 3 is 1.60 bits per heavy atom. The number of hydrogen-bond donors (Lipinski definition) is 0. The van der Waals surface area contributed by atoms with Crippen LogP contribution in [0.1, 0.15) is 82.7 Å². The van der Waals surface area contributed by atoms with Crippen LogP contribution in [-0.2, 0) is 34.1 Å². The molecule has 0 aliphatic heterocycles. The maximum Gasteiger partial charge on any atom is 2.00 e. The molecule has 0 radical (unpaired) electrons. The number of benzene rings is 1. The second-order valence-electron chi connectivity index (χ2n) is 12.9. The van der Waals surface area contributed by atoms with Gasteiger partial charge in [0.05, 0.1) is 0 Å². The van der Waals surface area contributed by atoms with E-state index < -0.39 is 7.92 Å². The Balaban J connectivity index is 0.000000217. The maximum absolute atomic E-state index is 2.43. The monoisotopic (exact) mass is 745 g/mol. The first-order valence-electron chi connectivity index (χ1n) is 17.3. The van der Waals surface area contributed by atoms with E-state index >= 15 is 0 Å². The van der Waals surface area contributed by atoms with Crippen molar-refractivity contribution in [3.63, 3.8) is 0 Å². The first kappa shape index (κ1) is 39.9. The molecule has 5 heteroatoms.